The van der Waals surface area contributed by atoms with Crippen molar-refractivity contribution in [1.82, 2.24) is 0 Å². The summed E-state index contributed by atoms with van der Waals surface area (Å²) in [5.74, 6) is -1.39. The Hall–Kier alpha value is -2.40. The van der Waals surface area contributed by atoms with E-state index in [4.69, 9.17) is 11.6 Å². The lowest BCUT2D eigenvalue weighted by Gasteiger charge is -2.13. The Kier molecular flexibility index (Phi) is 5.57. The molecule has 0 spiro atoms. The van der Waals surface area contributed by atoms with Crippen LogP contribution in [0.3, 0.4) is 0 Å². The van der Waals surface area contributed by atoms with E-state index in [-0.39, 0.29) is 16.5 Å². The van der Waals surface area contributed by atoms with Crippen LogP contribution in [0, 0.1) is 19.7 Å². The predicted octanol–water partition coefficient (Wildman–Crippen LogP) is 4.70. The van der Waals surface area contributed by atoms with Gasteiger partial charge in [-0.2, -0.15) is 0 Å². The zero-order valence-electron chi connectivity index (χ0n) is 13.7. The van der Waals surface area contributed by atoms with Gasteiger partial charge >= 0.3 is 0 Å². The molecule has 0 fully saturated rings. The van der Waals surface area contributed by atoms with E-state index in [2.05, 4.69) is 10.6 Å². The third-order valence-corrected chi connectivity index (χ3v) is 4.08. The van der Waals surface area contributed by atoms with Crippen molar-refractivity contribution >= 4 is 34.8 Å². The first kappa shape index (κ1) is 17.9. The van der Waals surface area contributed by atoms with Crippen LogP contribution in [0.2, 0.25) is 5.02 Å². The summed E-state index contributed by atoms with van der Waals surface area (Å²) < 4.78 is 13.9. The van der Waals surface area contributed by atoms with Crippen molar-refractivity contribution in [2.75, 3.05) is 10.6 Å². The largest absolute Gasteiger partial charge is 0.326 e. The predicted molar refractivity (Wildman–Crippen MR) is 94.2 cm³/mol. The van der Waals surface area contributed by atoms with Gasteiger partial charge in [-0.05, 0) is 49.2 Å². The van der Waals surface area contributed by atoms with Gasteiger partial charge in [0.25, 0.3) is 5.91 Å². The minimum absolute atomic E-state index is 0.0944. The smallest absolute Gasteiger partial charge is 0.260 e. The molecular formula is C18H18ClFN2O2. The third kappa shape index (κ3) is 3.92. The number of carbonyl (C=O) groups excluding carboxylic acids is 2. The van der Waals surface area contributed by atoms with Gasteiger partial charge in [0, 0.05) is 17.8 Å². The number of carbonyl (C=O) groups is 2. The van der Waals surface area contributed by atoms with E-state index in [0.717, 1.165) is 5.56 Å². The lowest BCUT2D eigenvalue weighted by atomic mass is 10.1. The molecule has 0 heterocycles. The third-order valence-electron chi connectivity index (χ3n) is 3.59. The average Bonchev–Trinajstić information content (AvgIpc) is 2.54. The Balaban J connectivity index is 2.24. The molecule has 2 N–H and O–H groups in total. The second kappa shape index (κ2) is 7.45. The summed E-state index contributed by atoms with van der Waals surface area (Å²) in [5.41, 5.74) is 2.34. The summed E-state index contributed by atoms with van der Waals surface area (Å²) in [6.45, 7) is 5.25. The number of nitrogens with one attached hydrogen (secondary N) is 2. The maximum Gasteiger partial charge on any atom is 0.260 e. The van der Waals surface area contributed by atoms with Gasteiger partial charge in [-0.3, -0.25) is 9.59 Å². The van der Waals surface area contributed by atoms with Gasteiger partial charge in [-0.15, -0.1) is 0 Å². The van der Waals surface area contributed by atoms with Crippen LogP contribution in [0.25, 0.3) is 0 Å². The van der Waals surface area contributed by atoms with Crippen LogP contribution in [0.5, 0.6) is 0 Å². The molecule has 0 aromatic heterocycles. The topological polar surface area (TPSA) is 58.2 Å². The van der Waals surface area contributed by atoms with E-state index in [1.165, 1.54) is 12.1 Å². The standard InChI is InChI=1S/C18H18ClFN2O2/c1-4-15(23)21-12-6-8-14(11(3)9-12)22-18(24)16-13(20)7-5-10(2)17(16)19/h5-9H,4H2,1-3H3,(H,21,23)(H,22,24). The molecule has 2 amide bonds. The minimum Gasteiger partial charge on any atom is -0.326 e. The van der Waals surface area contributed by atoms with Crippen molar-refractivity contribution in [1.29, 1.82) is 0 Å². The first-order valence-corrected chi connectivity index (χ1v) is 7.87. The molecule has 2 rings (SSSR count). The van der Waals surface area contributed by atoms with Crippen molar-refractivity contribution in [3.63, 3.8) is 0 Å². The second-order valence-electron chi connectivity index (χ2n) is 5.44. The Labute approximate surface area is 145 Å². The van der Waals surface area contributed by atoms with Crippen molar-refractivity contribution < 1.29 is 14.0 Å². The lowest BCUT2D eigenvalue weighted by molar-refractivity contribution is -0.115. The molecule has 0 saturated carbocycles. The Morgan fingerprint density at radius 2 is 1.79 bits per heavy atom. The highest BCUT2D eigenvalue weighted by atomic mass is 35.5. The zero-order chi connectivity index (χ0) is 17.9. The van der Waals surface area contributed by atoms with Crippen LogP contribution in [-0.4, -0.2) is 11.8 Å². The quantitative estimate of drug-likeness (QED) is 0.841. The van der Waals surface area contributed by atoms with E-state index < -0.39 is 11.7 Å². The molecule has 24 heavy (non-hydrogen) atoms. The van der Waals surface area contributed by atoms with Crippen LogP contribution in [0.15, 0.2) is 30.3 Å². The van der Waals surface area contributed by atoms with E-state index in [0.29, 0.717) is 23.4 Å². The number of halogens is 2. The van der Waals surface area contributed by atoms with Crippen LogP contribution < -0.4 is 10.6 Å². The fourth-order valence-corrected chi connectivity index (χ4v) is 2.42. The summed E-state index contributed by atoms with van der Waals surface area (Å²) in [4.78, 5) is 23.8. The normalized spacial score (nSPS) is 10.4. The fourth-order valence-electron chi connectivity index (χ4n) is 2.18. The van der Waals surface area contributed by atoms with Crippen LogP contribution >= 0.6 is 11.6 Å². The average molecular weight is 349 g/mol. The van der Waals surface area contributed by atoms with Gasteiger partial charge in [0.1, 0.15) is 5.82 Å². The molecule has 126 valence electrons. The number of anilines is 2. The molecule has 2 aromatic carbocycles. The summed E-state index contributed by atoms with van der Waals surface area (Å²) in [6, 6.07) is 7.79. The summed E-state index contributed by atoms with van der Waals surface area (Å²) in [7, 11) is 0. The number of amides is 2. The van der Waals surface area contributed by atoms with Crippen molar-refractivity contribution in [2.45, 2.75) is 27.2 Å². The Morgan fingerprint density at radius 1 is 1.08 bits per heavy atom. The lowest BCUT2D eigenvalue weighted by Crippen LogP contribution is -2.16. The minimum atomic E-state index is -0.674. The van der Waals surface area contributed by atoms with Gasteiger partial charge in [-0.25, -0.2) is 4.39 Å². The highest BCUT2D eigenvalue weighted by Crippen LogP contribution is 2.26. The van der Waals surface area contributed by atoms with E-state index >= 15 is 0 Å². The van der Waals surface area contributed by atoms with E-state index in [1.807, 2.05) is 0 Å². The highest BCUT2D eigenvalue weighted by Gasteiger charge is 2.18. The summed E-state index contributed by atoms with van der Waals surface area (Å²) in [5, 5.41) is 5.49. The summed E-state index contributed by atoms with van der Waals surface area (Å²) >= 11 is 6.05. The molecule has 6 heteroatoms. The second-order valence-corrected chi connectivity index (χ2v) is 5.82. The van der Waals surface area contributed by atoms with Crippen LogP contribution in [0.4, 0.5) is 15.8 Å². The van der Waals surface area contributed by atoms with Crippen LogP contribution in [-0.2, 0) is 4.79 Å². The highest BCUT2D eigenvalue weighted by molar-refractivity contribution is 6.35. The number of rotatable bonds is 4. The summed E-state index contributed by atoms with van der Waals surface area (Å²) in [6.07, 6.45) is 0.378. The fraction of sp³-hybridized carbons (Fsp3) is 0.222. The Bertz CT molecular complexity index is 806. The van der Waals surface area contributed by atoms with Crippen LogP contribution in [0.1, 0.15) is 34.8 Å². The van der Waals surface area contributed by atoms with Gasteiger partial charge in [0.2, 0.25) is 5.91 Å². The van der Waals surface area contributed by atoms with Gasteiger partial charge in [0.15, 0.2) is 0 Å². The van der Waals surface area contributed by atoms with Gasteiger partial charge in [-0.1, -0.05) is 24.6 Å². The molecule has 0 aliphatic carbocycles. The molecule has 0 aliphatic heterocycles. The number of hydrogen-bond acceptors (Lipinski definition) is 2. The number of benzene rings is 2. The van der Waals surface area contributed by atoms with Gasteiger partial charge < -0.3 is 10.6 Å². The molecule has 2 aromatic rings. The van der Waals surface area contributed by atoms with E-state index in [9.17, 15) is 14.0 Å². The molecule has 0 atom stereocenters. The maximum atomic E-state index is 13.9. The molecule has 4 nitrogen and oxygen atoms in total. The van der Waals surface area contributed by atoms with Crippen molar-refractivity contribution in [3.8, 4) is 0 Å². The first-order valence-electron chi connectivity index (χ1n) is 7.50. The molecule has 0 bridgehead atoms. The Morgan fingerprint density at radius 3 is 2.42 bits per heavy atom. The molecule has 0 aliphatic rings. The molecule has 0 unspecified atom stereocenters. The molecule has 0 saturated heterocycles. The number of hydrogen-bond donors (Lipinski definition) is 2. The molecule has 0 radical (unpaired) electrons. The molecular weight excluding hydrogens is 331 g/mol. The van der Waals surface area contributed by atoms with Crippen molar-refractivity contribution in [2.24, 2.45) is 0 Å². The SMILES string of the molecule is CCC(=O)Nc1ccc(NC(=O)c2c(F)ccc(C)c2Cl)c(C)c1. The monoisotopic (exact) mass is 348 g/mol. The zero-order valence-corrected chi connectivity index (χ0v) is 14.4. The van der Waals surface area contributed by atoms with Gasteiger partial charge in [0.05, 0.1) is 10.6 Å². The van der Waals surface area contributed by atoms with E-state index in [1.54, 1.807) is 39.0 Å². The van der Waals surface area contributed by atoms with Crippen molar-refractivity contribution in [3.05, 3.63) is 57.9 Å². The number of aryl methyl sites for hydroxylation is 2. The first-order chi connectivity index (χ1) is 11.3. The maximum absolute atomic E-state index is 13.9.